The largest absolute Gasteiger partial charge is 0.497 e. The summed E-state index contributed by atoms with van der Waals surface area (Å²) in [5.74, 6) is 0.980. The average Bonchev–Trinajstić information content (AvgIpc) is 2.50. The normalized spacial score (nSPS) is 19.0. The number of benzene rings is 1. The molecule has 1 saturated carbocycles. The van der Waals surface area contributed by atoms with E-state index in [4.69, 9.17) is 4.74 Å². The number of ether oxygens (including phenoxy) is 1. The molecule has 1 aliphatic rings. The summed E-state index contributed by atoms with van der Waals surface area (Å²) >= 11 is 0. The highest BCUT2D eigenvalue weighted by Crippen LogP contribution is 2.59. The molecule has 21 heavy (non-hydrogen) atoms. The Morgan fingerprint density at radius 2 is 1.86 bits per heavy atom. The van der Waals surface area contributed by atoms with Crippen LogP contribution in [0.3, 0.4) is 0 Å². The summed E-state index contributed by atoms with van der Waals surface area (Å²) < 4.78 is 5.43. The summed E-state index contributed by atoms with van der Waals surface area (Å²) in [6.07, 6.45) is 6.39. The molecule has 0 aromatic heterocycles. The van der Waals surface area contributed by atoms with E-state index in [1.54, 1.807) is 7.11 Å². The number of nitrogens with one attached hydrogen (secondary N) is 1. The predicted octanol–water partition coefficient (Wildman–Crippen LogP) is 4.53. The van der Waals surface area contributed by atoms with E-state index in [-0.39, 0.29) is 0 Å². The average molecular weight is 289 g/mol. The summed E-state index contributed by atoms with van der Waals surface area (Å²) in [7, 11) is 1.75. The fourth-order valence-corrected chi connectivity index (χ4v) is 4.02. The van der Waals surface area contributed by atoms with Crippen LogP contribution in [0.5, 0.6) is 5.75 Å². The van der Waals surface area contributed by atoms with Gasteiger partial charge in [0.15, 0.2) is 0 Å². The van der Waals surface area contributed by atoms with Crippen molar-refractivity contribution in [3.8, 4) is 5.75 Å². The molecule has 0 saturated heterocycles. The third kappa shape index (κ3) is 3.26. The molecule has 2 nitrogen and oxygen atoms in total. The van der Waals surface area contributed by atoms with Gasteiger partial charge in [-0.1, -0.05) is 45.7 Å². The Bertz CT molecular complexity index is 443. The van der Waals surface area contributed by atoms with Crippen LogP contribution in [0.2, 0.25) is 0 Å². The highest BCUT2D eigenvalue weighted by molar-refractivity contribution is 5.37. The zero-order valence-electron chi connectivity index (χ0n) is 14.2. The lowest BCUT2D eigenvalue weighted by molar-refractivity contribution is 0.0129. The van der Waals surface area contributed by atoms with Crippen LogP contribution in [0.4, 0.5) is 0 Å². The fourth-order valence-electron chi connectivity index (χ4n) is 4.02. The fraction of sp³-hybridized carbons (Fsp3) is 0.684. The van der Waals surface area contributed by atoms with Gasteiger partial charge >= 0.3 is 0 Å². The molecule has 0 atom stereocenters. The summed E-state index contributed by atoms with van der Waals surface area (Å²) in [6, 6.07) is 8.70. The molecule has 1 N–H and O–H groups in total. The Morgan fingerprint density at radius 1 is 1.14 bits per heavy atom. The third-order valence-corrected chi connectivity index (χ3v) is 5.50. The van der Waals surface area contributed by atoms with Gasteiger partial charge in [0.25, 0.3) is 0 Å². The lowest BCUT2D eigenvalue weighted by atomic mass is 9.48. The second-order valence-electron chi connectivity index (χ2n) is 6.75. The Hall–Kier alpha value is -1.02. The summed E-state index contributed by atoms with van der Waals surface area (Å²) in [5, 5.41) is 3.66. The first-order valence-corrected chi connectivity index (χ1v) is 8.49. The summed E-state index contributed by atoms with van der Waals surface area (Å²) in [4.78, 5) is 0. The highest BCUT2D eigenvalue weighted by atomic mass is 16.5. The minimum atomic E-state index is 0.301. The summed E-state index contributed by atoms with van der Waals surface area (Å²) in [5.41, 5.74) is 2.30. The van der Waals surface area contributed by atoms with Crippen LogP contribution in [0, 0.1) is 5.41 Å². The molecular formula is C19H31NO. The minimum Gasteiger partial charge on any atom is -0.497 e. The van der Waals surface area contributed by atoms with Gasteiger partial charge in [-0.3, -0.25) is 0 Å². The van der Waals surface area contributed by atoms with E-state index in [1.165, 1.54) is 37.7 Å². The second-order valence-corrected chi connectivity index (χ2v) is 6.75. The van der Waals surface area contributed by atoms with Crippen LogP contribution in [-0.2, 0) is 5.41 Å². The molecule has 2 heteroatoms. The Labute approximate surface area is 130 Å². The third-order valence-electron chi connectivity index (χ3n) is 5.50. The van der Waals surface area contributed by atoms with Crippen molar-refractivity contribution in [1.82, 2.24) is 5.32 Å². The van der Waals surface area contributed by atoms with E-state index in [1.807, 2.05) is 6.07 Å². The quantitative estimate of drug-likeness (QED) is 0.710. The van der Waals surface area contributed by atoms with Gasteiger partial charge in [-0.25, -0.2) is 0 Å². The number of methoxy groups -OCH3 is 1. The lowest BCUT2D eigenvalue weighted by Crippen LogP contribution is -2.54. The topological polar surface area (TPSA) is 21.3 Å². The van der Waals surface area contributed by atoms with Crippen molar-refractivity contribution in [3.63, 3.8) is 0 Å². The molecule has 1 aromatic rings. The van der Waals surface area contributed by atoms with E-state index < -0.39 is 0 Å². The lowest BCUT2D eigenvalue weighted by Gasteiger charge is -2.57. The first kappa shape index (κ1) is 16.4. The molecule has 1 fully saturated rings. The summed E-state index contributed by atoms with van der Waals surface area (Å²) in [6.45, 7) is 9.12. The number of rotatable bonds is 8. The smallest absolute Gasteiger partial charge is 0.119 e. The zero-order valence-corrected chi connectivity index (χ0v) is 14.2. The molecule has 0 radical (unpaired) electrons. The molecule has 0 bridgehead atoms. The van der Waals surface area contributed by atoms with Crippen molar-refractivity contribution in [3.05, 3.63) is 29.8 Å². The van der Waals surface area contributed by atoms with Crippen LogP contribution in [0.25, 0.3) is 0 Å². The second kappa shape index (κ2) is 6.83. The molecule has 0 aliphatic heterocycles. The molecule has 0 unspecified atom stereocenters. The highest BCUT2D eigenvalue weighted by Gasteiger charge is 2.52. The van der Waals surface area contributed by atoms with Gasteiger partial charge in [0, 0.05) is 12.0 Å². The van der Waals surface area contributed by atoms with Gasteiger partial charge in [0.1, 0.15) is 5.75 Å². The van der Waals surface area contributed by atoms with Gasteiger partial charge in [-0.2, -0.15) is 0 Å². The van der Waals surface area contributed by atoms with Crippen molar-refractivity contribution in [2.24, 2.45) is 5.41 Å². The monoisotopic (exact) mass is 289 g/mol. The molecule has 0 amide bonds. The Morgan fingerprint density at radius 3 is 2.43 bits per heavy atom. The van der Waals surface area contributed by atoms with E-state index in [2.05, 4.69) is 44.3 Å². The molecule has 0 spiro atoms. The van der Waals surface area contributed by atoms with Crippen LogP contribution in [0.1, 0.15) is 58.4 Å². The van der Waals surface area contributed by atoms with Crippen molar-refractivity contribution in [2.45, 2.75) is 58.3 Å². The van der Waals surface area contributed by atoms with Crippen molar-refractivity contribution in [2.75, 3.05) is 20.2 Å². The minimum absolute atomic E-state index is 0.301. The van der Waals surface area contributed by atoms with E-state index in [9.17, 15) is 0 Å². The van der Waals surface area contributed by atoms with Crippen molar-refractivity contribution in [1.29, 1.82) is 0 Å². The van der Waals surface area contributed by atoms with Crippen LogP contribution in [0.15, 0.2) is 24.3 Å². The van der Waals surface area contributed by atoms with Crippen molar-refractivity contribution < 1.29 is 4.74 Å². The van der Waals surface area contributed by atoms with Gasteiger partial charge in [0.2, 0.25) is 0 Å². The van der Waals surface area contributed by atoms with E-state index in [0.29, 0.717) is 10.8 Å². The number of hydrogen-bond acceptors (Lipinski definition) is 2. The maximum atomic E-state index is 5.43. The molecule has 118 valence electrons. The van der Waals surface area contributed by atoms with Gasteiger partial charge in [-0.05, 0) is 48.9 Å². The molecule has 1 aromatic carbocycles. The number of hydrogen-bond donors (Lipinski definition) is 1. The molecule has 1 aliphatic carbocycles. The molecular weight excluding hydrogens is 258 g/mol. The Balaban J connectivity index is 2.21. The maximum absolute atomic E-state index is 5.43. The zero-order chi connectivity index (χ0) is 15.3. The predicted molar refractivity (Wildman–Crippen MR) is 90.1 cm³/mol. The van der Waals surface area contributed by atoms with E-state index >= 15 is 0 Å². The van der Waals surface area contributed by atoms with Gasteiger partial charge < -0.3 is 10.1 Å². The van der Waals surface area contributed by atoms with Crippen molar-refractivity contribution >= 4 is 0 Å². The van der Waals surface area contributed by atoms with E-state index in [0.717, 1.165) is 18.8 Å². The first-order chi connectivity index (χ1) is 10.1. The van der Waals surface area contributed by atoms with Gasteiger partial charge in [0.05, 0.1) is 7.11 Å². The molecule has 2 rings (SSSR count). The molecule has 0 heterocycles. The Kier molecular flexibility index (Phi) is 5.32. The maximum Gasteiger partial charge on any atom is 0.119 e. The van der Waals surface area contributed by atoms with Gasteiger partial charge in [-0.15, -0.1) is 0 Å². The van der Waals surface area contributed by atoms with Crippen LogP contribution in [-0.4, -0.2) is 20.2 Å². The van der Waals surface area contributed by atoms with Crippen LogP contribution < -0.4 is 10.1 Å². The standard InChI is InChI=1S/C19H31NO/c1-5-11-20-15-19(13-18(6-2,7-3)14-19)16-9-8-10-17(12-16)21-4/h8-10,12,20H,5-7,11,13-15H2,1-4H3. The van der Waals surface area contributed by atoms with Crippen LogP contribution >= 0.6 is 0 Å². The SMILES string of the molecule is CCCNCC1(c2cccc(OC)c2)CC(CC)(CC)C1. The first-order valence-electron chi connectivity index (χ1n) is 8.49.